The second kappa shape index (κ2) is 12.0. The van der Waals surface area contributed by atoms with Gasteiger partial charge < -0.3 is 20.3 Å². The number of phenolic OH excluding ortho intramolecular Hbond substituents is 1. The molecule has 0 atom stereocenters. The molecule has 6 aromatic rings. The lowest BCUT2D eigenvalue weighted by atomic mass is 9.95. The molecular weight excluding hydrogens is 634 g/mol. The van der Waals surface area contributed by atoms with Crippen LogP contribution in [0.3, 0.4) is 0 Å². The van der Waals surface area contributed by atoms with Gasteiger partial charge in [-0.1, -0.05) is 17.9 Å². The number of aromatic nitrogens is 7. The molecule has 0 spiro atoms. The Kier molecular flexibility index (Phi) is 7.58. The molecule has 4 aromatic heterocycles. The number of nitrogens with two attached hydrogens (primary N) is 1. The minimum absolute atomic E-state index is 0.0642. The van der Waals surface area contributed by atoms with Crippen molar-refractivity contribution in [3.05, 3.63) is 87.5 Å². The van der Waals surface area contributed by atoms with Crippen molar-refractivity contribution in [2.45, 2.75) is 46.3 Å². The Hall–Kier alpha value is -5.71. The minimum atomic E-state index is -0.514. The quantitative estimate of drug-likeness (QED) is 0.260. The molecule has 0 radical (unpaired) electrons. The van der Waals surface area contributed by atoms with E-state index in [4.69, 9.17) is 25.3 Å². The number of ether oxygens (including phenoxy) is 2. The summed E-state index contributed by atoms with van der Waals surface area (Å²) >= 11 is 0. The summed E-state index contributed by atoms with van der Waals surface area (Å²) in [6, 6.07) is 12.9. The third-order valence-corrected chi connectivity index (χ3v) is 9.33. The Labute approximate surface area is 287 Å². The van der Waals surface area contributed by atoms with E-state index in [0.29, 0.717) is 70.9 Å². The molecule has 0 bridgehead atoms. The van der Waals surface area contributed by atoms with Crippen LogP contribution in [0.1, 0.15) is 42.2 Å². The van der Waals surface area contributed by atoms with Gasteiger partial charge in [0.1, 0.15) is 30.0 Å². The third-order valence-electron chi connectivity index (χ3n) is 9.33. The van der Waals surface area contributed by atoms with Crippen LogP contribution in [0.5, 0.6) is 11.5 Å². The molecule has 2 aliphatic rings. The fourth-order valence-electron chi connectivity index (χ4n) is 6.99. The summed E-state index contributed by atoms with van der Waals surface area (Å²) in [6.45, 7) is 11.6. The number of phenols is 1. The summed E-state index contributed by atoms with van der Waals surface area (Å²) in [5.74, 6) is 7.72. The van der Waals surface area contributed by atoms with Gasteiger partial charge in [-0.3, -0.25) is 14.4 Å². The van der Waals surface area contributed by atoms with E-state index in [1.807, 2.05) is 68.8 Å². The first kappa shape index (κ1) is 31.6. The molecule has 0 amide bonds. The number of aryl methyl sites for hydroxylation is 2. The lowest BCUT2D eigenvalue weighted by molar-refractivity contribution is 0.0443. The Morgan fingerprint density at radius 1 is 1.00 bits per heavy atom. The second-order valence-corrected chi connectivity index (χ2v) is 13.4. The van der Waals surface area contributed by atoms with E-state index < -0.39 is 5.60 Å². The normalized spacial score (nSPS) is 15.6. The topological polar surface area (TPSA) is 151 Å². The van der Waals surface area contributed by atoms with Gasteiger partial charge in [0.25, 0.3) is 5.56 Å². The number of aromatic hydroxyl groups is 1. The Morgan fingerprint density at radius 2 is 1.78 bits per heavy atom. The van der Waals surface area contributed by atoms with Crippen LogP contribution in [0, 0.1) is 25.7 Å². The van der Waals surface area contributed by atoms with Crippen molar-refractivity contribution < 1.29 is 14.6 Å². The molecule has 1 saturated heterocycles. The van der Waals surface area contributed by atoms with Gasteiger partial charge in [-0.2, -0.15) is 9.77 Å². The van der Waals surface area contributed by atoms with Gasteiger partial charge in [-0.25, -0.2) is 19.6 Å². The van der Waals surface area contributed by atoms with Crippen LogP contribution in [-0.2, 0) is 17.7 Å². The lowest BCUT2D eigenvalue weighted by Gasteiger charge is -2.24. The molecule has 0 unspecified atom stereocenters. The van der Waals surface area contributed by atoms with E-state index in [0.717, 1.165) is 35.6 Å². The van der Waals surface area contributed by atoms with Gasteiger partial charge in [0.2, 0.25) is 0 Å². The van der Waals surface area contributed by atoms with Gasteiger partial charge >= 0.3 is 0 Å². The summed E-state index contributed by atoms with van der Waals surface area (Å²) in [7, 11) is 0. The standard InChI is InChI=1S/C37H37N9O4/c1-22-10-11-23(2)45(22)46-29(41-27-9-5-7-24(30(27)36(46)48)8-6-14-43-15-17-49-18-16-43)20-44-35-31(34(38)39-21-40-35)32(42-44)25-12-13-28(47)33-26(25)19-37(3,4)50-33/h5,7,9-13,21,47H,14-20H2,1-4H3,(H2,38,39,40). The van der Waals surface area contributed by atoms with E-state index in [9.17, 15) is 9.90 Å². The number of benzene rings is 2. The number of morpholine rings is 1. The zero-order valence-corrected chi connectivity index (χ0v) is 28.4. The van der Waals surface area contributed by atoms with E-state index in [1.165, 1.54) is 6.33 Å². The van der Waals surface area contributed by atoms with Gasteiger partial charge in [0.05, 0.1) is 36.0 Å². The van der Waals surface area contributed by atoms with Crippen LogP contribution in [0.2, 0.25) is 0 Å². The van der Waals surface area contributed by atoms with Crippen LogP contribution in [0.15, 0.2) is 53.6 Å². The average molecular weight is 672 g/mol. The first-order chi connectivity index (χ1) is 24.1. The van der Waals surface area contributed by atoms with Gasteiger partial charge in [-0.15, -0.1) is 0 Å². The zero-order valence-electron chi connectivity index (χ0n) is 28.4. The second-order valence-electron chi connectivity index (χ2n) is 13.4. The molecule has 6 heterocycles. The zero-order chi connectivity index (χ0) is 34.7. The highest BCUT2D eigenvalue weighted by atomic mass is 16.5. The molecule has 3 N–H and O–H groups in total. The maximum Gasteiger partial charge on any atom is 0.282 e. The summed E-state index contributed by atoms with van der Waals surface area (Å²) in [4.78, 5) is 30.9. The van der Waals surface area contributed by atoms with Crippen molar-refractivity contribution in [2.24, 2.45) is 0 Å². The van der Waals surface area contributed by atoms with Crippen LogP contribution in [-0.4, -0.2) is 82.5 Å². The molecule has 13 nitrogen and oxygen atoms in total. The first-order valence-electron chi connectivity index (χ1n) is 16.6. The van der Waals surface area contributed by atoms with Crippen LogP contribution in [0.25, 0.3) is 33.2 Å². The summed E-state index contributed by atoms with van der Waals surface area (Å²) in [5.41, 5.74) is 11.2. The Balaban J connectivity index is 1.30. The van der Waals surface area contributed by atoms with E-state index in [1.54, 1.807) is 15.4 Å². The van der Waals surface area contributed by atoms with Crippen LogP contribution < -0.4 is 16.0 Å². The van der Waals surface area contributed by atoms with Crippen LogP contribution >= 0.6 is 0 Å². The van der Waals surface area contributed by atoms with Crippen molar-refractivity contribution in [1.82, 2.24) is 39.0 Å². The average Bonchev–Trinajstić information content (AvgIpc) is 3.74. The molecule has 8 rings (SSSR count). The Bertz CT molecular complexity index is 2420. The molecule has 50 heavy (non-hydrogen) atoms. The number of rotatable bonds is 5. The third kappa shape index (κ3) is 5.33. The molecular formula is C37H37N9O4. The van der Waals surface area contributed by atoms with Crippen molar-refractivity contribution in [3.8, 4) is 34.6 Å². The van der Waals surface area contributed by atoms with Crippen molar-refractivity contribution >= 4 is 27.8 Å². The number of nitrogen functional groups attached to an aromatic ring is 1. The number of hydrogen-bond donors (Lipinski definition) is 2. The van der Waals surface area contributed by atoms with Gasteiger partial charge in [-0.05, 0) is 64.1 Å². The minimum Gasteiger partial charge on any atom is -0.504 e. The molecule has 0 aliphatic carbocycles. The summed E-state index contributed by atoms with van der Waals surface area (Å²) in [5, 5.41) is 16.7. The van der Waals surface area contributed by atoms with E-state index in [2.05, 4.69) is 26.7 Å². The maximum atomic E-state index is 14.7. The summed E-state index contributed by atoms with van der Waals surface area (Å²) in [6.07, 6.45) is 1.96. The van der Waals surface area contributed by atoms with Crippen molar-refractivity contribution in [2.75, 3.05) is 38.6 Å². The predicted octanol–water partition coefficient (Wildman–Crippen LogP) is 3.67. The highest BCUT2D eigenvalue weighted by molar-refractivity contribution is 5.99. The van der Waals surface area contributed by atoms with Crippen LogP contribution in [0.4, 0.5) is 5.82 Å². The van der Waals surface area contributed by atoms with Crippen molar-refractivity contribution in [1.29, 1.82) is 0 Å². The maximum absolute atomic E-state index is 14.7. The molecule has 1 fully saturated rings. The largest absolute Gasteiger partial charge is 0.504 e. The first-order valence-corrected chi connectivity index (χ1v) is 16.6. The molecule has 13 heteroatoms. The molecule has 2 aliphatic heterocycles. The number of hydrogen-bond acceptors (Lipinski definition) is 10. The van der Waals surface area contributed by atoms with E-state index in [-0.39, 0.29) is 23.7 Å². The smallest absolute Gasteiger partial charge is 0.282 e. The van der Waals surface area contributed by atoms with Gasteiger partial charge in [0.15, 0.2) is 23.0 Å². The monoisotopic (exact) mass is 671 g/mol. The summed E-state index contributed by atoms with van der Waals surface area (Å²) < 4.78 is 16.7. The predicted molar refractivity (Wildman–Crippen MR) is 189 cm³/mol. The van der Waals surface area contributed by atoms with Crippen molar-refractivity contribution in [3.63, 3.8) is 0 Å². The number of anilines is 1. The highest BCUT2D eigenvalue weighted by Crippen LogP contribution is 2.47. The number of fused-ring (bicyclic) bond motifs is 3. The molecule has 2 aromatic carbocycles. The lowest BCUT2D eigenvalue weighted by Crippen LogP contribution is -2.36. The highest BCUT2D eigenvalue weighted by Gasteiger charge is 2.35. The number of nitrogens with zero attached hydrogens (tertiary/aromatic N) is 8. The Morgan fingerprint density at radius 3 is 2.56 bits per heavy atom. The molecule has 0 saturated carbocycles. The van der Waals surface area contributed by atoms with Gasteiger partial charge in [0, 0.05) is 47.6 Å². The fourth-order valence-corrected chi connectivity index (χ4v) is 6.99. The molecule has 254 valence electrons. The van der Waals surface area contributed by atoms with E-state index >= 15 is 0 Å². The SMILES string of the molecule is Cc1ccc(C)n1-n1c(Cn2nc(-c3ccc(O)c4c3CC(C)(C)O4)c3c(N)ncnc32)nc2cccc(C#CCN3CCOCC3)c2c1=O. The fraction of sp³-hybridized carbons (Fsp3) is 0.324.